The fourth-order valence-corrected chi connectivity index (χ4v) is 2.35. The van der Waals surface area contributed by atoms with Crippen molar-refractivity contribution in [3.8, 4) is 11.5 Å². The molecule has 3 nitrogen and oxygen atoms in total. The van der Waals surface area contributed by atoms with E-state index in [2.05, 4.69) is 0 Å². The largest absolute Gasteiger partial charge is 0.493 e. The Hall–Kier alpha value is -1.43. The third kappa shape index (κ3) is 3.36. The number of halogens is 3. The lowest BCUT2D eigenvalue weighted by Crippen LogP contribution is -2.28. The van der Waals surface area contributed by atoms with Crippen LogP contribution in [-0.2, 0) is 0 Å². The van der Waals surface area contributed by atoms with Gasteiger partial charge in [-0.3, -0.25) is 0 Å². The van der Waals surface area contributed by atoms with E-state index in [1.165, 1.54) is 25.3 Å². The molecule has 0 aliphatic heterocycles. The van der Waals surface area contributed by atoms with Gasteiger partial charge < -0.3 is 15.2 Å². The molecular formula is C14H18F3NO2. The van der Waals surface area contributed by atoms with Crippen LogP contribution in [0.5, 0.6) is 11.5 Å². The van der Waals surface area contributed by atoms with Crippen molar-refractivity contribution in [3.05, 3.63) is 23.8 Å². The van der Waals surface area contributed by atoms with Crippen LogP contribution < -0.4 is 15.2 Å². The summed E-state index contributed by atoms with van der Waals surface area (Å²) in [5, 5.41) is 0. The average molecular weight is 289 g/mol. The highest BCUT2D eigenvalue weighted by Gasteiger charge is 2.38. The SMILES string of the molecule is COc1ccc([C@@H](N)C(F)(F)F)cc1OC1CCCC1. The van der Waals surface area contributed by atoms with Crippen LogP contribution in [0.25, 0.3) is 0 Å². The highest BCUT2D eigenvalue weighted by molar-refractivity contribution is 5.44. The molecule has 6 heteroatoms. The van der Waals surface area contributed by atoms with Crippen molar-refractivity contribution in [2.24, 2.45) is 5.73 Å². The maximum atomic E-state index is 12.7. The molecule has 2 N–H and O–H groups in total. The standard InChI is InChI=1S/C14H18F3NO2/c1-19-11-7-6-9(13(18)14(15,16)17)8-12(11)20-10-4-2-3-5-10/h6-8,10,13H,2-5,18H2,1H3/t13-/m1/s1. The van der Waals surface area contributed by atoms with E-state index >= 15 is 0 Å². The number of hydrogen-bond donors (Lipinski definition) is 1. The molecule has 0 unspecified atom stereocenters. The summed E-state index contributed by atoms with van der Waals surface area (Å²) in [4.78, 5) is 0. The Morgan fingerprint density at radius 3 is 2.40 bits per heavy atom. The molecule has 1 aromatic rings. The second-order valence-electron chi connectivity index (χ2n) is 4.95. The molecular weight excluding hydrogens is 271 g/mol. The molecule has 0 bridgehead atoms. The Bertz CT molecular complexity index is 456. The zero-order valence-electron chi connectivity index (χ0n) is 11.2. The van der Waals surface area contributed by atoms with Gasteiger partial charge in [-0.25, -0.2) is 0 Å². The van der Waals surface area contributed by atoms with Crippen LogP contribution in [0.2, 0.25) is 0 Å². The summed E-state index contributed by atoms with van der Waals surface area (Å²) in [6.45, 7) is 0. The van der Waals surface area contributed by atoms with E-state index in [1.54, 1.807) is 0 Å². The molecule has 1 atom stereocenters. The summed E-state index contributed by atoms with van der Waals surface area (Å²) in [5.74, 6) is 0.756. The fourth-order valence-electron chi connectivity index (χ4n) is 2.35. The van der Waals surface area contributed by atoms with Crippen molar-refractivity contribution in [3.63, 3.8) is 0 Å². The Morgan fingerprint density at radius 1 is 1.20 bits per heavy atom. The second-order valence-corrected chi connectivity index (χ2v) is 4.95. The quantitative estimate of drug-likeness (QED) is 0.921. The minimum atomic E-state index is -4.47. The van der Waals surface area contributed by atoms with Crippen LogP contribution in [0.1, 0.15) is 37.3 Å². The molecule has 1 aromatic carbocycles. The molecule has 0 aromatic heterocycles. The maximum Gasteiger partial charge on any atom is 0.407 e. The summed E-state index contributed by atoms with van der Waals surface area (Å²) in [6, 6.07) is 2.10. The zero-order valence-corrected chi connectivity index (χ0v) is 11.2. The van der Waals surface area contributed by atoms with Crippen molar-refractivity contribution >= 4 is 0 Å². The van der Waals surface area contributed by atoms with Crippen LogP contribution >= 0.6 is 0 Å². The van der Waals surface area contributed by atoms with Gasteiger partial charge in [0.15, 0.2) is 11.5 Å². The first-order valence-electron chi connectivity index (χ1n) is 6.58. The number of benzene rings is 1. The lowest BCUT2D eigenvalue weighted by molar-refractivity contribution is -0.149. The van der Waals surface area contributed by atoms with Gasteiger partial charge >= 0.3 is 6.18 Å². The molecule has 2 rings (SSSR count). The zero-order chi connectivity index (χ0) is 14.8. The number of alkyl halides is 3. The maximum absolute atomic E-state index is 12.7. The predicted molar refractivity (Wildman–Crippen MR) is 68.9 cm³/mol. The molecule has 0 radical (unpaired) electrons. The number of methoxy groups -OCH3 is 1. The summed E-state index contributed by atoms with van der Waals surface area (Å²) in [5.41, 5.74) is 5.20. The highest BCUT2D eigenvalue weighted by atomic mass is 19.4. The summed E-state index contributed by atoms with van der Waals surface area (Å²) >= 11 is 0. The lowest BCUT2D eigenvalue weighted by Gasteiger charge is -2.20. The number of hydrogen-bond acceptors (Lipinski definition) is 3. The van der Waals surface area contributed by atoms with Crippen LogP contribution in [0.4, 0.5) is 13.2 Å². The molecule has 0 spiro atoms. The van der Waals surface area contributed by atoms with Gasteiger partial charge in [-0.15, -0.1) is 0 Å². The first-order chi connectivity index (χ1) is 9.41. The topological polar surface area (TPSA) is 44.5 Å². The first-order valence-corrected chi connectivity index (χ1v) is 6.58. The molecule has 1 aliphatic rings. The number of rotatable bonds is 4. The second kappa shape index (κ2) is 5.91. The Labute approximate surface area is 115 Å². The smallest absolute Gasteiger partial charge is 0.407 e. The highest BCUT2D eigenvalue weighted by Crippen LogP contribution is 2.37. The third-order valence-electron chi connectivity index (χ3n) is 3.50. The Kier molecular flexibility index (Phi) is 4.42. The van der Waals surface area contributed by atoms with Crippen LogP contribution in [-0.4, -0.2) is 19.4 Å². The van der Waals surface area contributed by atoms with Crippen molar-refractivity contribution in [1.82, 2.24) is 0 Å². The van der Waals surface area contributed by atoms with Gasteiger partial charge in [0.05, 0.1) is 13.2 Å². The number of nitrogens with two attached hydrogens (primary N) is 1. The van der Waals surface area contributed by atoms with Crippen LogP contribution in [0, 0.1) is 0 Å². The van der Waals surface area contributed by atoms with Gasteiger partial charge in [0, 0.05) is 0 Å². The van der Waals surface area contributed by atoms with E-state index in [-0.39, 0.29) is 11.7 Å². The first kappa shape index (κ1) is 15.0. The van der Waals surface area contributed by atoms with E-state index in [4.69, 9.17) is 15.2 Å². The average Bonchev–Trinajstić information content (AvgIpc) is 2.89. The molecule has 1 aliphatic carbocycles. The van der Waals surface area contributed by atoms with Crippen LogP contribution in [0.3, 0.4) is 0 Å². The van der Waals surface area contributed by atoms with Gasteiger partial charge in [0.25, 0.3) is 0 Å². The molecule has 0 amide bonds. The molecule has 20 heavy (non-hydrogen) atoms. The molecule has 0 saturated heterocycles. The van der Waals surface area contributed by atoms with Crippen molar-refractivity contribution in [1.29, 1.82) is 0 Å². The summed E-state index contributed by atoms with van der Waals surface area (Å²) in [7, 11) is 1.46. The van der Waals surface area contributed by atoms with Crippen LogP contribution in [0.15, 0.2) is 18.2 Å². The predicted octanol–water partition coefficient (Wildman–Crippen LogP) is 3.58. The molecule has 0 heterocycles. The summed E-state index contributed by atoms with van der Waals surface area (Å²) in [6.07, 6.45) is -0.443. The molecule has 112 valence electrons. The van der Waals surface area contributed by atoms with E-state index in [1.807, 2.05) is 0 Å². The third-order valence-corrected chi connectivity index (χ3v) is 3.50. The van der Waals surface area contributed by atoms with Gasteiger partial charge in [-0.05, 0) is 43.4 Å². The molecule has 1 saturated carbocycles. The Morgan fingerprint density at radius 2 is 1.85 bits per heavy atom. The monoisotopic (exact) mass is 289 g/mol. The van der Waals surface area contributed by atoms with Gasteiger partial charge in [0.1, 0.15) is 6.04 Å². The Balaban J connectivity index is 2.23. The lowest BCUT2D eigenvalue weighted by atomic mass is 10.1. The van der Waals surface area contributed by atoms with Gasteiger partial charge in [0.2, 0.25) is 0 Å². The van der Waals surface area contributed by atoms with E-state index in [9.17, 15) is 13.2 Å². The van der Waals surface area contributed by atoms with E-state index in [0.717, 1.165) is 25.7 Å². The van der Waals surface area contributed by atoms with Crippen molar-refractivity contribution < 1.29 is 22.6 Å². The minimum absolute atomic E-state index is 0.0219. The van der Waals surface area contributed by atoms with Crippen molar-refractivity contribution in [2.45, 2.75) is 44.0 Å². The fraction of sp³-hybridized carbons (Fsp3) is 0.571. The van der Waals surface area contributed by atoms with E-state index < -0.39 is 12.2 Å². The normalized spacial score (nSPS) is 18.1. The van der Waals surface area contributed by atoms with Gasteiger partial charge in [-0.2, -0.15) is 13.2 Å². The van der Waals surface area contributed by atoms with E-state index in [0.29, 0.717) is 11.5 Å². The van der Waals surface area contributed by atoms with Gasteiger partial charge in [-0.1, -0.05) is 6.07 Å². The summed E-state index contributed by atoms with van der Waals surface area (Å²) < 4.78 is 48.9. The van der Waals surface area contributed by atoms with Crippen molar-refractivity contribution in [2.75, 3.05) is 7.11 Å². The minimum Gasteiger partial charge on any atom is -0.493 e. The number of ether oxygens (including phenoxy) is 2. The molecule has 1 fully saturated rings.